The van der Waals surface area contributed by atoms with E-state index in [0.29, 0.717) is 40.3 Å². The quantitative estimate of drug-likeness (QED) is 0.564. The Morgan fingerprint density at radius 1 is 0.909 bits per heavy atom. The highest BCUT2D eigenvalue weighted by Crippen LogP contribution is 2.65. The van der Waals surface area contributed by atoms with E-state index in [1.54, 1.807) is 49.6 Å². The van der Waals surface area contributed by atoms with Crippen LogP contribution in [0, 0.1) is 35.5 Å². The van der Waals surface area contributed by atoms with E-state index >= 15 is 0 Å². The van der Waals surface area contributed by atoms with Crippen molar-refractivity contribution in [3.8, 4) is 11.5 Å². The number of allylic oxidation sites excluding steroid dienone is 2. The van der Waals surface area contributed by atoms with E-state index in [1.165, 1.54) is 12.0 Å². The van der Waals surface area contributed by atoms with Gasteiger partial charge in [0.15, 0.2) is 0 Å². The molecular weight excluding hydrogens is 420 g/mol. The third-order valence-electron chi connectivity index (χ3n) is 7.71. The Bertz CT molecular complexity index is 1170. The van der Waals surface area contributed by atoms with Crippen LogP contribution in [0.2, 0.25) is 0 Å². The lowest BCUT2D eigenvalue weighted by Gasteiger charge is -2.37. The normalized spacial score (nSPS) is 30.7. The number of nitrogens with zero attached hydrogens (tertiary/aromatic N) is 1. The molecule has 6 atom stereocenters. The predicted octanol–water partition coefficient (Wildman–Crippen LogP) is 3.51. The molecule has 1 N–H and O–H groups in total. The molecule has 7 rings (SSSR count). The van der Waals surface area contributed by atoms with Gasteiger partial charge in [0.2, 0.25) is 11.8 Å². The zero-order valence-corrected chi connectivity index (χ0v) is 18.4. The Hall–Kier alpha value is -3.61. The third-order valence-corrected chi connectivity index (χ3v) is 7.71. The molecule has 0 aromatic heterocycles. The molecule has 2 bridgehead atoms. The van der Waals surface area contributed by atoms with Crippen molar-refractivity contribution in [3.05, 3.63) is 60.2 Å². The zero-order valence-electron chi connectivity index (χ0n) is 18.4. The summed E-state index contributed by atoms with van der Waals surface area (Å²) >= 11 is 0. The van der Waals surface area contributed by atoms with Crippen molar-refractivity contribution in [2.24, 2.45) is 35.5 Å². The van der Waals surface area contributed by atoms with E-state index in [4.69, 9.17) is 9.47 Å². The van der Waals surface area contributed by atoms with Gasteiger partial charge >= 0.3 is 0 Å². The van der Waals surface area contributed by atoms with E-state index in [1.807, 2.05) is 0 Å². The minimum Gasteiger partial charge on any atom is -0.497 e. The number of anilines is 2. The number of imide groups is 1. The number of amides is 3. The molecule has 1 heterocycles. The van der Waals surface area contributed by atoms with E-state index in [-0.39, 0.29) is 41.4 Å². The summed E-state index contributed by atoms with van der Waals surface area (Å²) in [6.07, 6.45) is 5.46. The van der Waals surface area contributed by atoms with Gasteiger partial charge in [0.05, 0.1) is 37.4 Å². The molecule has 2 aromatic rings. The predicted molar refractivity (Wildman–Crippen MR) is 121 cm³/mol. The first-order valence-corrected chi connectivity index (χ1v) is 11.2. The van der Waals surface area contributed by atoms with Crippen LogP contribution < -0.4 is 19.7 Å². The molecule has 5 aliphatic rings. The molecule has 1 saturated heterocycles. The maximum Gasteiger partial charge on any atom is 0.255 e. The summed E-state index contributed by atoms with van der Waals surface area (Å²) in [6, 6.07) is 11.7. The van der Waals surface area contributed by atoms with Gasteiger partial charge in [0.25, 0.3) is 5.91 Å². The van der Waals surface area contributed by atoms with Crippen LogP contribution in [0.25, 0.3) is 0 Å². The van der Waals surface area contributed by atoms with Gasteiger partial charge in [-0.15, -0.1) is 0 Å². The van der Waals surface area contributed by atoms with E-state index in [9.17, 15) is 14.4 Å². The molecule has 7 heteroatoms. The topological polar surface area (TPSA) is 84.9 Å². The molecule has 0 spiro atoms. The Morgan fingerprint density at radius 3 is 2.12 bits per heavy atom. The standard InChI is InChI=1S/C26H24N2O5/c1-32-15-7-10-20(21(11-15)33-2)27-24(29)13-3-5-14(6-4-13)28-25(30)22-16-8-9-17(19-12-18(16)19)23(22)26(28)31/h3-11,16-19,22-23H,12H2,1-2H3,(H,27,29)/t16-,17-,18-,19+,22+,23+/m0/s1. The second-order valence-corrected chi connectivity index (χ2v) is 9.23. The van der Waals surface area contributed by atoms with Crippen LogP contribution in [-0.4, -0.2) is 31.9 Å². The number of hydrogen-bond acceptors (Lipinski definition) is 5. The fourth-order valence-corrected chi connectivity index (χ4v) is 6.07. The number of rotatable bonds is 5. The molecule has 3 amide bonds. The van der Waals surface area contributed by atoms with Crippen molar-refractivity contribution in [3.63, 3.8) is 0 Å². The lowest BCUT2D eigenvalue weighted by molar-refractivity contribution is -0.124. The summed E-state index contributed by atoms with van der Waals surface area (Å²) in [7, 11) is 3.08. The zero-order chi connectivity index (χ0) is 22.9. The van der Waals surface area contributed by atoms with Gasteiger partial charge in [-0.25, -0.2) is 0 Å². The van der Waals surface area contributed by atoms with Gasteiger partial charge in [-0.1, -0.05) is 12.2 Å². The first-order chi connectivity index (χ1) is 16.0. The van der Waals surface area contributed by atoms with E-state index < -0.39 is 0 Å². The number of carbonyl (C=O) groups excluding carboxylic acids is 3. The fraction of sp³-hybridized carbons (Fsp3) is 0.346. The maximum absolute atomic E-state index is 13.3. The van der Waals surface area contributed by atoms with Crippen molar-refractivity contribution in [1.29, 1.82) is 0 Å². The molecule has 0 radical (unpaired) electrons. The lowest BCUT2D eigenvalue weighted by Crippen LogP contribution is -2.40. The molecule has 33 heavy (non-hydrogen) atoms. The van der Waals surface area contributed by atoms with Crippen LogP contribution in [-0.2, 0) is 9.59 Å². The van der Waals surface area contributed by atoms with Gasteiger partial charge < -0.3 is 14.8 Å². The van der Waals surface area contributed by atoms with Crippen LogP contribution in [0.15, 0.2) is 54.6 Å². The van der Waals surface area contributed by atoms with Crippen LogP contribution in [0.3, 0.4) is 0 Å². The monoisotopic (exact) mass is 444 g/mol. The van der Waals surface area contributed by atoms with Crippen molar-refractivity contribution in [1.82, 2.24) is 0 Å². The van der Waals surface area contributed by atoms with Crippen LogP contribution in [0.5, 0.6) is 11.5 Å². The Balaban J connectivity index is 1.21. The molecule has 0 unspecified atom stereocenters. The largest absolute Gasteiger partial charge is 0.497 e. The highest BCUT2D eigenvalue weighted by molar-refractivity contribution is 6.22. The van der Waals surface area contributed by atoms with Gasteiger partial charge in [0, 0.05) is 11.6 Å². The molecule has 3 fully saturated rings. The number of ether oxygens (including phenoxy) is 2. The van der Waals surface area contributed by atoms with Gasteiger partial charge in [-0.2, -0.15) is 0 Å². The van der Waals surface area contributed by atoms with Gasteiger partial charge in [-0.05, 0) is 66.5 Å². The molecule has 2 aromatic carbocycles. The van der Waals surface area contributed by atoms with Crippen molar-refractivity contribution >= 4 is 29.1 Å². The minimum absolute atomic E-state index is 0.102. The summed E-state index contributed by atoms with van der Waals surface area (Å²) in [5.74, 6) is 1.63. The molecular formula is C26H24N2O5. The van der Waals surface area contributed by atoms with E-state index in [0.717, 1.165) is 6.42 Å². The SMILES string of the molecule is COc1ccc(NC(=O)c2ccc(N3C(=O)[C@@H]4[C@H]5C=C[C@@H]([C@@H]6C[C@H]56)[C@H]4C3=O)cc2)c(OC)c1. The average molecular weight is 444 g/mol. The second-order valence-electron chi connectivity index (χ2n) is 9.23. The Kier molecular flexibility index (Phi) is 4.37. The molecule has 7 nitrogen and oxygen atoms in total. The van der Waals surface area contributed by atoms with Crippen LogP contribution in [0.4, 0.5) is 11.4 Å². The Morgan fingerprint density at radius 2 is 1.55 bits per heavy atom. The maximum atomic E-state index is 13.3. The summed E-state index contributed by atoms with van der Waals surface area (Å²) in [5, 5.41) is 2.83. The van der Waals surface area contributed by atoms with Crippen molar-refractivity contribution < 1.29 is 23.9 Å². The van der Waals surface area contributed by atoms with Crippen molar-refractivity contribution in [2.75, 3.05) is 24.4 Å². The minimum atomic E-state index is -0.319. The number of benzene rings is 2. The number of methoxy groups -OCH3 is 2. The average Bonchev–Trinajstić information content (AvgIpc) is 3.62. The Labute approximate surface area is 191 Å². The summed E-state index contributed by atoms with van der Waals surface area (Å²) < 4.78 is 10.5. The van der Waals surface area contributed by atoms with Crippen LogP contribution >= 0.6 is 0 Å². The molecule has 4 aliphatic carbocycles. The number of hydrogen-bond donors (Lipinski definition) is 1. The summed E-state index contributed by atoms with van der Waals surface area (Å²) in [6.45, 7) is 0. The van der Waals surface area contributed by atoms with E-state index in [2.05, 4.69) is 17.5 Å². The molecule has 1 aliphatic heterocycles. The summed E-state index contributed by atoms with van der Waals surface area (Å²) in [4.78, 5) is 40.6. The van der Waals surface area contributed by atoms with Crippen LogP contribution in [0.1, 0.15) is 16.8 Å². The first-order valence-electron chi connectivity index (χ1n) is 11.2. The second kappa shape index (κ2) is 7.20. The number of nitrogens with one attached hydrogen (secondary N) is 1. The first kappa shape index (κ1) is 20.0. The third kappa shape index (κ3) is 2.91. The van der Waals surface area contributed by atoms with Gasteiger partial charge in [0.1, 0.15) is 11.5 Å². The number of carbonyl (C=O) groups is 3. The highest BCUT2D eigenvalue weighted by Gasteiger charge is 2.67. The fourth-order valence-electron chi connectivity index (χ4n) is 6.07. The molecule has 2 saturated carbocycles. The lowest BCUT2D eigenvalue weighted by atomic mass is 9.63. The van der Waals surface area contributed by atoms with Crippen molar-refractivity contribution in [2.45, 2.75) is 6.42 Å². The smallest absolute Gasteiger partial charge is 0.255 e. The highest BCUT2D eigenvalue weighted by atomic mass is 16.5. The summed E-state index contributed by atoms with van der Waals surface area (Å²) in [5.41, 5.74) is 1.45. The molecule has 168 valence electrons. The van der Waals surface area contributed by atoms with Gasteiger partial charge in [-0.3, -0.25) is 19.3 Å².